The van der Waals surface area contributed by atoms with Crippen LogP contribution < -0.4 is 10.1 Å². The van der Waals surface area contributed by atoms with Crippen LogP contribution in [0, 0.1) is 12.8 Å². The number of ether oxygens (including phenoxy) is 2. The monoisotopic (exact) mass is 416 g/mol. The summed E-state index contributed by atoms with van der Waals surface area (Å²) in [5, 5.41) is 6.17. The van der Waals surface area contributed by atoms with Gasteiger partial charge in [-0.1, -0.05) is 0 Å². The number of carbonyl (C=O) groups excluding carboxylic acids is 2. The number of fused-ring (bicyclic) bond motifs is 3. The molecule has 1 saturated heterocycles. The number of thiophene rings is 1. The third-order valence-corrected chi connectivity index (χ3v) is 6.87. The number of benzene rings is 1. The van der Waals surface area contributed by atoms with Gasteiger partial charge in [0.1, 0.15) is 11.4 Å². The first-order valence-corrected chi connectivity index (χ1v) is 10.9. The number of amides is 2. The normalized spacial score (nSPS) is 23.5. The largest absolute Gasteiger partial charge is 0.496 e. The van der Waals surface area contributed by atoms with E-state index in [-0.39, 0.29) is 23.9 Å². The number of piperidine rings is 1. The first-order chi connectivity index (χ1) is 13.7. The highest BCUT2D eigenvalue weighted by atomic mass is 32.1. The van der Waals surface area contributed by atoms with E-state index in [2.05, 4.69) is 17.6 Å². The predicted molar refractivity (Wildman–Crippen MR) is 114 cm³/mol. The Morgan fingerprint density at radius 3 is 2.69 bits per heavy atom. The van der Waals surface area contributed by atoms with Crippen molar-refractivity contribution in [1.29, 1.82) is 0 Å². The molecule has 2 aromatic rings. The average Bonchev–Trinajstić information content (AvgIpc) is 3.32. The smallest absolute Gasteiger partial charge is 0.407 e. The summed E-state index contributed by atoms with van der Waals surface area (Å²) >= 11 is 1.62. The van der Waals surface area contributed by atoms with Crippen LogP contribution in [0.4, 0.5) is 4.79 Å². The van der Waals surface area contributed by atoms with Gasteiger partial charge in [0.25, 0.3) is 5.91 Å². The second kappa shape index (κ2) is 7.20. The van der Waals surface area contributed by atoms with Crippen molar-refractivity contribution in [2.45, 2.75) is 58.2 Å². The minimum Gasteiger partial charge on any atom is -0.496 e. The molecule has 2 fully saturated rings. The Labute approximate surface area is 175 Å². The van der Waals surface area contributed by atoms with Crippen LogP contribution in [0.25, 0.3) is 10.1 Å². The number of alkyl carbamates (subject to hydrolysis) is 1. The topological polar surface area (TPSA) is 67.9 Å². The van der Waals surface area contributed by atoms with E-state index in [1.165, 1.54) is 0 Å². The van der Waals surface area contributed by atoms with Crippen molar-refractivity contribution in [2.24, 2.45) is 5.92 Å². The van der Waals surface area contributed by atoms with Gasteiger partial charge in [0.05, 0.1) is 19.2 Å². The summed E-state index contributed by atoms with van der Waals surface area (Å²) in [5.41, 5.74) is 1.25. The van der Waals surface area contributed by atoms with Gasteiger partial charge in [-0.2, -0.15) is 0 Å². The van der Waals surface area contributed by atoms with Gasteiger partial charge in [-0.15, -0.1) is 11.3 Å². The van der Waals surface area contributed by atoms with Crippen molar-refractivity contribution in [2.75, 3.05) is 13.7 Å². The van der Waals surface area contributed by atoms with Crippen LogP contribution in [0.2, 0.25) is 0 Å². The van der Waals surface area contributed by atoms with Gasteiger partial charge in [-0.3, -0.25) is 4.79 Å². The van der Waals surface area contributed by atoms with Crippen LogP contribution >= 0.6 is 11.3 Å². The van der Waals surface area contributed by atoms with E-state index < -0.39 is 11.7 Å². The van der Waals surface area contributed by atoms with Crippen molar-refractivity contribution >= 4 is 33.4 Å². The number of aryl methyl sites for hydroxylation is 1. The van der Waals surface area contributed by atoms with Crippen LogP contribution in [-0.4, -0.2) is 48.2 Å². The molecule has 0 radical (unpaired) electrons. The lowest BCUT2D eigenvalue weighted by atomic mass is 10.1. The standard InChI is InChI=1S/C22H28N2O4S/c1-12-11-29-17-9-14(8-16(27-5)18(12)17)20(25)24-10-13-6-7-15(24)19(13)23-21(26)28-22(2,3)4/h8-9,11,13,15,19H,6-7,10H2,1-5H3,(H,23,26)/t13?,15?,19-/m1/s1. The van der Waals surface area contributed by atoms with E-state index in [9.17, 15) is 9.59 Å². The molecule has 7 heteroatoms. The Balaban J connectivity index is 1.55. The van der Waals surface area contributed by atoms with E-state index in [0.29, 0.717) is 12.1 Å². The van der Waals surface area contributed by atoms with Gasteiger partial charge in [-0.25, -0.2) is 4.79 Å². The predicted octanol–water partition coefficient (Wildman–Crippen LogP) is 4.35. The quantitative estimate of drug-likeness (QED) is 0.808. The molecule has 2 aliphatic rings. The Bertz CT molecular complexity index is 962. The van der Waals surface area contributed by atoms with Crippen LogP contribution in [0.3, 0.4) is 0 Å². The third-order valence-electron chi connectivity index (χ3n) is 5.82. The maximum absolute atomic E-state index is 13.3. The first kappa shape index (κ1) is 20.0. The molecule has 1 aliphatic heterocycles. The van der Waals surface area contributed by atoms with E-state index >= 15 is 0 Å². The Hall–Kier alpha value is -2.28. The molecule has 0 spiro atoms. The molecule has 2 bridgehead atoms. The van der Waals surface area contributed by atoms with Crippen molar-refractivity contribution in [3.8, 4) is 5.75 Å². The van der Waals surface area contributed by atoms with Gasteiger partial charge >= 0.3 is 6.09 Å². The average molecular weight is 417 g/mol. The summed E-state index contributed by atoms with van der Waals surface area (Å²) in [6.45, 7) is 8.26. The van der Waals surface area contributed by atoms with Crippen LogP contribution in [-0.2, 0) is 4.74 Å². The fraction of sp³-hybridized carbons (Fsp3) is 0.545. The van der Waals surface area contributed by atoms with Crippen LogP contribution in [0.15, 0.2) is 17.5 Å². The number of likely N-dealkylation sites (tertiary alicyclic amines) is 1. The molecular weight excluding hydrogens is 388 g/mol. The number of carbonyl (C=O) groups is 2. The highest BCUT2D eigenvalue weighted by molar-refractivity contribution is 7.17. The minimum absolute atomic E-state index is 0.000517. The molecule has 3 atom stereocenters. The zero-order valence-electron chi connectivity index (χ0n) is 17.6. The zero-order chi connectivity index (χ0) is 20.9. The van der Waals surface area contributed by atoms with Gasteiger partial charge in [-0.05, 0) is 69.5 Å². The molecule has 29 heavy (non-hydrogen) atoms. The van der Waals surface area contributed by atoms with E-state index in [1.54, 1.807) is 18.4 Å². The maximum atomic E-state index is 13.3. The number of hydrogen-bond donors (Lipinski definition) is 1. The fourth-order valence-corrected chi connectivity index (χ4v) is 5.62. The molecule has 1 aromatic carbocycles. The van der Waals surface area contributed by atoms with E-state index in [0.717, 1.165) is 34.2 Å². The van der Waals surface area contributed by atoms with Gasteiger partial charge < -0.3 is 19.7 Å². The number of methoxy groups -OCH3 is 1. The molecule has 2 unspecified atom stereocenters. The third kappa shape index (κ3) is 3.68. The second-order valence-electron chi connectivity index (χ2n) is 9.00. The molecule has 1 aromatic heterocycles. The number of hydrogen-bond acceptors (Lipinski definition) is 5. The molecule has 1 N–H and O–H groups in total. The fourth-order valence-electron chi connectivity index (χ4n) is 4.62. The van der Waals surface area contributed by atoms with Gasteiger partial charge in [0.15, 0.2) is 0 Å². The van der Waals surface area contributed by atoms with E-state index in [4.69, 9.17) is 9.47 Å². The first-order valence-electron chi connectivity index (χ1n) is 10.0. The zero-order valence-corrected chi connectivity index (χ0v) is 18.4. The Morgan fingerprint density at radius 1 is 1.24 bits per heavy atom. The Morgan fingerprint density at radius 2 is 2.00 bits per heavy atom. The van der Waals surface area contributed by atoms with E-state index in [1.807, 2.05) is 37.8 Å². The highest BCUT2D eigenvalue weighted by Gasteiger charge is 2.49. The number of rotatable bonds is 3. The van der Waals surface area contributed by atoms with Crippen molar-refractivity contribution in [3.63, 3.8) is 0 Å². The van der Waals surface area contributed by atoms with Crippen molar-refractivity contribution < 1.29 is 19.1 Å². The summed E-state index contributed by atoms with van der Waals surface area (Å²) in [7, 11) is 1.64. The highest BCUT2D eigenvalue weighted by Crippen LogP contribution is 2.40. The summed E-state index contributed by atoms with van der Waals surface area (Å²) in [6, 6.07) is 3.75. The molecule has 2 heterocycles. The molecule has 4 rings (SSSR count). The Kier molecular flexibility index (Phi) is 4.97. The minimum atomic E-state index is -0.540. The molecular formula is C22H28N2O4S. The molecule has 2 amide bonds. The lowest BCUT2D eigenvalue weighted by Crippen LogP contribution is -2.46. The van der Waals surface area contributed by atoms with Crippen molar-refractivity contribution in [3.05, 3.63) is 28.6 Å². The second-order valence-corrected chi connectivity index (χ2v) is 9.92. The van der Waals surface area contributed by atoms with Crippen LogP contribution in [0.1, 0.15) is 49.5 Å². The lowest BCUT2D eigenvalue weighted by molar-refractivity contribution is 0.0485. The molecule has 1 saturated carbocycles. The number of nitrogens with one attached hydrogen (secondary N) is 1. The molecule has 156 valence electrons. The van der Waals surface area contributed by atoms with Crippen molar-refractivity contribution in [1.82, 2.24) is 10.2 Å². The molecule has 6 nitrogen and oxygen atoms in total. The van der Waals surface area contributed by atoms with Gasteiger partial charge in [0, 0.05) is 22.2 Å². The van der Waals surface area contributed by atoms with Crippen LogP contribution in [0.5, 0.6) is 5.75 Å². The van der Waals surface area contributed by atoms with Gasteiger partial charge in [0.2, 0.25) is 0 Å². The maximum Gasteiger partial charge on any atom is 0.407 e. The SMILES string of the molecule is COc1cc(C(=O)N2CC3CCC2[C@@H]3NC(=O)OC(C)(C)C)cc2scc(C)c12. The summed E-state index contributed by atoms with van der Waals surface area (Å²) < 4.78 is 12.0. The summed E-state index contributed by atoms with van der Waals surface area (Å²) in [6.07, 6.45) is 1.50. The summed E-state index contributed by atoms with van der Waals surface area (Å²) in [5.74, 6) is 1.00. The lowest BCUT2D eigenvalue weighted by Gasteiger charge is -2.28. The number of nitrogens with zero attached hydrogens (tertiary/aromatic N) is 1. The summed E-state index contributed by atoms with van der Waals surface area (Å²) in [4.78, 5) is 27.5. The molecule has 1 aliphatic carbocycles.